The summed E-state index contributed by atoms with van der Waals surface area (Å²) in [6, 6.07) is 8.24. The number of halogens is 3. The number of hydrogen-bond donors (Lipinski definition) is 0. The van der Waals surface area contributed by atoms with E-state index in [1.54, 1.807) is 26.0 Å². The van der Waals surface area contributed by atoms with Crippen molar-refractivity contribution in [2.75, 3.05) is 6.61 Å². The Bertz CT molecular complexity index is 783. The zero-order chi connectivity index (χ0) is 19.4. The summed E-state index contributed by atoms with van der Waals surface area (Å²) >= 11 is 0. The van der Waals surface area contributed by atoms with Gasteiger partial charge in [-0.1, -0.05) is 18.2 Å². The third kappa shape index (κ3) is 4.64. The minimum atomic E-state index is -0.908. The molecule has 0 unspecified atom stereocenters. The van der Waals surface area contributed by atoms with Crippen LogP contribution in [0, 0.1) is 24.4 Å². The molecule has 3 rings (SSSR count). The van der Waals surface area contributed by atoms with E-state index < -0.39 is 11.6 Å². The first-order chi connectivity index (χ1) is 13.0. The molecule has 2 aromatic carbocycles. The predicted octanol–water partition coefficient (Wildman–Crippen LogP) is 6.05. The summed E-state index contributed by atoms with van der Waals surface area (Å²) in [5.41, 5.74) is 1.83. The van der Waals surface area contributed by atoms with Crippen LogP contribution in [0.15, 0.2) is 30.3 Å². The Morgan fingerprint density at radius 1 is 0.963 bits per heavy atom. The molecule has 0 atom stereocenters. The number of hydrogen-bond acceptors (Lipinski definition) is 2. The van der Waals surface area contributed by atoms with Crippen LogP contribution in [-0.4, -0.2) is 12.7 Å². The first kappa shape index (κ1) is 19.7. The topological polar surface area (TPSA) is 18.5 Å². The average molecular weight is 378 g/mol. The minimum absolute atomic E-state index is 0.0214. The quantitative estimate of drug-likeness (QED) is 0.609. The van der Waals surface area contributed by atoms with Gasteiger partial charge in [-0.25, -0.2) is 8.78 Å². The van der Waals surface area contributed by atoms with Crippen LogP contribution in [0.1, 0.15) is 55.2 Å². The summed E-state index contributed by atoms with van der Waals surface area (Å²) in [5, 5.41) is 0. The van der Waals surface area contributed by atoms with Crippen molar-refractivity contribution in [3.63, 3.8) is 0 Å². The summed E-state index contributed by atoms with van der Waals surface area (Å²) in [5.74, 6) is -2.00. The molecule has 5 heteroatoms. The molecular formula is C22H25F3O2. The number of benzene rings is 2. The van der Waals surface area contributed by atoms with Crippen molar-refractivity contribution in [2.24, 2.45) is 0 Å². The number of aryl methyl sites for hydroxylation is 1. The molecule has 27 heavy (non-hydrogen) atoms. The second-order valence-electron chi connectivity index (χ2n) is 7.08. The first-order valence-corrected chi connectivity index (χ1v) is 9.47. The molecule has 1 aliphatic carbocycles. The van der Waals surface area contributed by atoms with Crippen molar-refractivity contribution in [1.29, 1.82) is 0 Å². The Balaban J connectivity index is 1.55. The Hall–Kier alpha value is -2.01. The summed E-state index contributed by atoms with van der Waals surface area (Å²) in [7, 11) is 0. The summed E-state index contributed by atoms with van der Waals surface area (Å²) in [6.07, 6.45) is 3.07. The SMILES string of the molecule is CCOc1ccc(C2CCC(OCc3ccc(C)c(F)c3)CC2)c(F)c1F. The third-order valence-corrected chi connectivity index (χ3v) is 5.21. The highest BCUT2D eigenvalue weighted by Gasteiger charge is 2.27. The van der Waals surface area contributed by atoms with Gasteiger partial charge in [0.2, 0.25) is 5.82 Å². The monoisotopic (exact) mass is 378 g/mol. The lowest BCUT2D eigenvalue weighted by atomic mass is 9.82. The van der Waals surface area contributed by atoms with Gasteiger partial charge in [0.05, 0.1) is 19.3 Å². The molecule has 146 valence electrons. The maximum Gasteiger partial charge on any atom is 0.200 e. The zero-order valence-corrected chi connectivity index (χ0v) is 15.7. The van der Waals surface area contributed by atoms with Crippen LogP contribution >= 0.6 is 0 Å². The lowest BCUT2D eigenvalue weighted by molar-refractivity contribution is 0.0130. The van der Waals surface area contributed by atoms with Crippen LogP contribution in [-0.2, 0) is 11.3 Å². The summed E-state index contributed by atoms with van der Waals surface area (Å²) in [4.78, 5) is 0. The molecule has 0 spiro atoms. The van der Waals surface area contributed by atoms with Gasteiger partial charge >= 0.3 is 0 Å². The molecule has 1 saturated carbocycles. The van der Waals surface area contributed by atoms with E-state index in [-0.39, 0.29) is 23.6 Å². The largest absolute Gasteiger partial charge is 0.491 e. The molecule has 0 amide bonds. The first-order valence-electron chi connectivity index (χ1n) is 9.47. The molecule has 1 fully saturated rings. The van der Waals surface area contributed by atoms with Gasteiger partial charge < -0.3 is 9.47 Å². The Morgan fingerprint density at radius 3 is 2.37 bits per heavy atom. The van der Waals surface area contributed by atoms with E-state index in [9.17, 15) is 13.2 Å². The molecule has 0 bridgehead atoms. The van der Waals surface area contributed by atoms with E-state index in [4.69, 9.17) is 9.47 Å². The third-order valence-electron chi connectivity index (χ3n) is 5.21. The second kappa shape index (κ2) is 8.79. The van der Waals surface area contributed by atoms with Gasteiger partial charge in [-0.15, -0.1) is 0 Å². The van der Waals surface area contributed by atoms with Crippen molar-refractivity contribution < 1.29 is 22.6 Å². The van der Waals surface area contributed by atoms with Crippen molar-refractivity contribution in [3.05, 3.63) is 64.5 Å². The van der Waals surface area contributed by atoms with Gasteiger partial charge in [-0.3, -0.25) is 0 Å². The fourth-order valence-electron chi connectivity index (χ4n) is 3.61. The van der Waals surface area contributed by atoms with Gasteiger partial charge in [0.1, 0.15) is 5.82 Å². The maximum absolute atomic E-state index is 14.4. The van der Waals surface area contributed by atoms with Crippen molar-refractivity contribution in [2.45, 2.75) is 58.2 Å². The highest BCUT2D eigenvalue weighted by molar-refractivity contribution is 5.33. The molecule has 2 aromatic rings. The molecule has 0 heterocycles. The summed E-state index contributed by atoms with van der Waals surface area (Å²) < 4.78 is 53.1. The normalized spacial score (nSPS) is 19.9. The van der Waals surface area contributed by atoms with Crippen LogP contribution in [0.4, 0.5) is 13.2 Å². The molecule has 0 N–H and O–H groups in total. The maximum atomic E-state index is 14.4. The second-order valence-corrected chi connectivity index (χ2v) is 7.08. The van der Waals surface area contributed by atoms with E-state index >= 15 is 0 Å². The fourth-order valence-corrected chi connectivity index (χ4v) is 3.61. The van der Waals surface area contributed by atoms with Crippen LogP contribution < -0.4 is 4.74 Å². The smallest absolute Gasteiger partial charge is 0.200 e. The van der Waals surface area contributed by atoms with E-state index in [1.807, 2.05) is 6.07 Å². The van der Waals surface area contributed by atoms with Crippen molar-refractivity contribution in [1.82, 2.24) is 0 Å². The van der Waals surface area contributed by atoms with Crippen LogP contribution in [0.25, 0.3) is 0 Å². The van der Waals surface area contributed by atoms with Gasteiger partial charge in [0, 0.05) is 0 Å². The van der Waals surface area contributed by atoms with Crippen LogP contribution in [0.3, 0.4) is 0 Å². The van der Waals surface area contributed by atoms with Crippen LogP contribution in [0.5, 0.6) is 5.75 Å². The average Bonchev–Trinajstić information content (AvgIpc) is 2.67. The van der Waals surface area contributed by atoms with E-state index in [1.165, 1.54) is 12.1 Å². The molecular weight excluding hydrogens is 353 g/mol. The standard InChI is InChI=1S/C22H25F3O2/c1-3-26-20-11-10-18(21(24)22(20)25)16-6-8-17(9-7-16)27-13-15-5-4-14(2)19(23)12-15/h4-5,10-12,16-17H,3,6-9,13H2,1-2H3. The highest BCUT2D eigenvalue weighted by atomic mass is 19.2. The molecule has 2 nitrogen and oxygen atoms in total. The van der Waals surface area contributed by atoms with Gasteiger partial charge in [-0.2, -0.15) is 4.39 Å². The van der Waals surface area contributed by atoms with Crippen molar-refractivity contribution >= 4 is 0 Å². The van der Waals surface area contributed by atoms with E-state index in [2.05, 4.69) is 0 Å². The number of ether oxygens (including phenoxy) is 2. The van der Waals surface area contributed by atoms with Crippen LogP contribution in [0.2, 0.25) is 0 Å². The Labute approximate surface area is 158 Å². The molecule has 0 aromatic heterocycles. The summed E-state index contributed by atoms with van der Waals surface area (Å²) in [6.45, 7) is 4.11. The predicted molar refractivity (Wildman–Crippen MR) is 98.5 cm³/mol. The van der Waals surface area contributed by atoms with Gasteiger partial charge in [0.25, 0.3) is 0 Å². The molecule has 0 saturated heterocycles. The zero-order valence-electron chi connectivity index (χ0n) is 15.7. The molecule has 1 aliphatic rings. The lowest BCUT2D eigenvalue weighted by Gasteiger charge is -2.29. The minimum Gasteiger partial charge on any atom is -0.491 e. The molecule has 0 aliphatic heterocycles. The molecule has 0 radical (unpaired) electrons. The van der Waals surface area contributed by atoms with Crippen molar-refractivity contribution in [3.8, 4) is 5.75 Å². The Kier molecular flexibility index (Phi) is 6.42. The van der Waals surface area contributed by atoms with Gasteiger partial charge in [0.15, 0.2) is 11.6 Å². The lowest BCUT2D eigenvalue weighted by Crippen LogP contribution is -2.21. The fraction of sp³-hybridized carbons (Fsp3) is 0.455. The van der Waals surface area contributed by atoms with E-state index in [0.717, 1.165) is 31.2 Å². The highest BCUT2D eigenvalue weighted by Crippen LogP contribution is 2.37. The van der Waals surface area contributed by atoms with E-state index in [0.29, 0.717) is 24.3 Å². The Morgan fingerprint density at radius 2 is 1.70 bits per heavy atom. The van der Waals surface area contributed by atoms with Gasteiger partial charge in [-0.05, 0) is 74.3 Å². The number of rotatable bonds is 6.